The normalized spacial score (nSPS) is 10.8. The molecule has 208 valence electrons. The second-order valence-corrected chi connectivity index (χ2v) is 9.99. The van der Waals surface area contributed by atoms with Gasteiger partial charge in [0.05, 0.1) is 33.0 Å². The van der Waals surface area contributed by atoms with Crippen LogP contribution in [0.15, 0.2) is 76.8 Å². The van der Waals surface area contributed by atoms with E-state index in [2.05, 4.69) is 26.5 Å². The van der Waals surface area contributed by atoms with Gasteiger partial charge in [0.15, 0.2) is 17.3 Å². The maximum atomic E-state index is 12.8. The molecule has 0 radical (unpaired) electrons. The molecule has 0 bridgehead atoms. The summed E-state index contributed by atoms with van der Waals surface area (Å²) in [6.45, 7) is 0. The molecule has 0 saturated heterocycles. The minimum atomic E-state index is -0.327. The van der Waals surface area contributed by atoms with E-state index < -0.39 is 0 Å². The van der Waals surface area contributed by atoms with Gasteiger partial charge in [-0.15, -0.1) is 11.3 Å². The van der Waals surface area contributed by atoms with Gasteiger partial charge in [-0.2, -0.15) is 5.26 Å². The number of carbonyl (C=O) groups excluding carboxylic acids is 1. The molecule has 6 rings (SSSR count). The maximum absolute atomic E-state index is 12.8. The van der Waals surface area contributed by atoms with Crippen molar-refractivity contribution in [1.82, 2.24) is 15.1 Å². The Balaban J connectivity index is 1.28. The Bertz CT molecular complexity index is 1940. The Kier molecular flexibility index (Phi) is 7.04. The number of fused-ring (bicyclic) bond motifs is 1. The van der Waals surface area contributed by atoms with Crippen LogP contribution in [0.3, 0.4) is 0 Å². The van der Waals surface area contributed by atoms with E-state index in [0.29, 0.717) is 50.7 Å². The van der Waals surface area contributed by atoms with E-state index in [4.69, 9.17) is 24.0 Å². The number of hydrogen-bond acceptors (Lipinski definition) is 9. The number of ether oxygens (including phenoxy) is 3. The monoisotopic (exact) mass is 577 g/mol. The number of thiazole rings is 1. The Morgan fingerprint density at radius 3 is 2.43 bits per heavy atom. The SMILES string of the molecule is COc1cc(-c2cc(-c3c[nH]c4ccc(-c5nc(C(=O)Nc6ccc(C#N)cc6)cs5)cc34)on2)cc(OC)c1OC. The summed E-state index contributed by atoms with van der Waals surface area (Å²) in [5.41, 5.74) is 5.36. The predicted octanol–water partition coefficient (Wildman–Crippen LogP) is 6.76. The second kappa shape index (κ2) is 11.1. The molecule has 6 aromatic rings. The molecule has 42 heavy (non-hydrogen) atoms. The first-order chi connectivity index (χ1) is 20.5. The number of aromatic nitrogens is 3. The molecule has 10 nitrogen and oxygen atoms in total. The van der Waals surface area contributed by atoms with Gasteiger partial charge in [-0.1, -0.05) is 5.16 Å². The van der Waals surface area contributed by atoms with Crippen molar-refractivity contribution in [3.8, 4) is 56.5 Å². The van der Waals surface area contributed by atoms with Crippen LogP contribution in [0, 0.1) is 11.3 Å². The Hall–Kier alpha value is -5.60. The second-order valence-electron chi connectivity index (χ2n) is 9.13. The lowest BCUT2D eigenvalue weighted by Gasteiger charge is -2.13. The molecule has 3 aromatic heterocycles. The van der Waals surface area contributed by atoms with Crippen LogP contribution < -0.4 is 19.5 Å². The number of benzene rings is 3. The van der Waals surface area contributed by atoms with Crippen LogP contribution in [0.2, 0.25) is 0 Å². The summed E-state index contributed by atoms with van der Waals surface area (Å²) < 4.78 is 22.1. The smallest absolute Gasteiger partial charge is 0.275 e. The maximum Gasteiger partial charge on any atom is 0.275 e. The topological polar surface area (TPSA) is 135 Å². The minimum absolute atomic E-state index is 0.305. The molecule has 0 spiro atoms. The van der Waals surface area contributed by atoms with Crippen LogP contribution in [0.4, 0.5) is 5.69 Å². The Morgan fingerprint density at radius 1 is 0.976 bits per heavy atom. The van der Waals surface area contributed by atoms with Crippen LogP contribution in [-0.4, -0.2) is 42.4 Å². The highest BCUT2D eigenvalue weighted by molar-refractivity contribution is 7.13. The number of carbonyl (C=O) groups is 1. The van der Waals surface area contributed by atoms with Crippen molar-refractivity contribution >= 4 is 33.8 Å². The molecule has 3 aromatic carbocycles. The Labute approximate surface area is 244 Å². The molecule has 0 aliphatic heterocycles. The van der Waals surface area contributed by atoms with Crippen molar-refractivity contribution in [1.29, 1.82) is 5.26 Å². The number of H-pyrrole nitrogens is 1. The van der Waals surface area contributed by atoms with Gasteiger partial charge in [0.2, 0.25) is 5.75 Å². The van der Waals surface area contributed by atoms with E-state index in [1.807, 2.05) is 42.6 Å². The first-order valence-corrected chi connectivity index (χ1v) is 13.5. The minimum Gasteiger partial charge on any atom is -0.493 e. The van der Waals surface area contributed by atoms with E-state index >= 15 is 0 Å². The van der Waals surface area contributed by atoms with Crippen molar-refractivity contribution in [2.75, 3.05) is 26.6 Å². The molecule has 1 amide bonds. The van der Waals surface area contributed by atoms with Gasteiger partial charge < -0.3 is 29.0 Å². The van der Waals surface area contributed by atoms with Crippen molar-refractivity contribution in [3.05, 3.63) is 83.5 Å². The first kappa shape index (κ1) is 26.6. The van der Waals surface area contributed by atoms with Gasteiger partial charge in [-0.05, 0) is 54.6 Å². The third-order valence-corrected chi connectivity index (χ3v) is 7.56. The standard InChI is InChI=1S/C31H23N5O5S/c1-38-27-11-19(12-28(39-2)29(27)40-3)24-13-26(41-36-24)22-15-33-23-9-6-18(10-21(22)23)31-35-25(16-42-31)30(37)34-20-7-4-17(14-32)5-8-20/h4-13,15-16,33H,1-3H3,(H,34,37). The van der Waals surface area contributed by atoms with Gasteiger partial charge in [0.1, 0.15) is 16.4 Å². The van der Waals surface area contributed by atoms with Gasteiger partial charge >= 0.3 is 0 Å². The molecule has 11 heteroatoms. The number of methoxy groups -OCH3 is 3. The zero-order valence-corrected chi connectivity index (χ0v) is 23.5. The molecule has 2 N–H and O–H groups in total. The number of nitrogens with one attached hydrogen (secondary N) is 2. The molecular formula is C31H23N5O5S. The van der Waals surface area contributed by atoms with Gasteiger partial charge in [-0.25, -0.2) is 4.98 Å². The molecule has 0 atom stereocenters. The highest BCUT2D eigenvalue weighted by Crippen LogP contribution is 2.42. The molecular weight excluding hydrogens is 554 g/mol. The fraction of sp³-hybridized carbons (Fsp3) is 0.0968. The van der Waals surface area contributed by atoms with E-state index in [1.54, 1.807) is 51.0 Å². The number of amides is 1. The summed E-state index contributed by atoms with van der Waals surface area (Å²) >= 11 is 1.38. The zero-order chi connectivity index (χ0) is 29.2. The lowest BCUT2D eigenvalue weighted by molar-refractivity contribution is 0.102. The van der Waals surface area contributed by atoms with Crippen molar-refractivity contribution in [2.45, 2.75) is 0 Å². The summed E-state index contributed by atoms with van der Waals surface area (Å²) in [4.78, 5) is 20.6. The van der Waals surface area contributed by atoms with Gasteiger partial charge in [-0.3, -0.25) is 4.79 Å². The number of nitrogens with zero attached hydrogens (tertiary/aromatic N) is 3. The molecule has 0 saturated carbocycles. The fourth-order valence-electron chi connectivity index (χ4n) is 4.56. The van der Waals surface area contributed by atoms with Crippen molar-refractivity contribution < 1.29 is 23.5 Å². The number of hydrogen-bond donors (Lipinski definition) is 2. The summed E-state index contributed by atoms with van der Waals surface area (Å²) in [5, 5.41) is 19.4. The van der Waals surface area contributed by atoms with Crippen LogP contribution in [0.25, 0.3) is 44.1 Å². The van der Waals surface area contributed by atoms with E-state index in [0.717, 1.165) is 27.6 Å². The highest BCUT2D eigenvalue weighted by atomic mass is 32.1. The lowest BCUT2D eigenvalue weighted by Crippen LogP contribution is -2.12. The third kappa shape index (κ3) is 4.91. The predicted molar refractivity (Wildman–Crippen MR) is 159 cm³/mol. The fourth-order valence-corrected chi connectivity index (χ4v) is 5.36. The van der Waals surface area contributed by atoms with E-state index in [1.165, 1.54) is 11.3 Å². The van der Waals surface area contributed by atoms with Crippen LogP contribution in [0.1, 0.15) is 16.1 Å². The van der Waals surface area contributed by atoms with Gasteiger partial charge in [0, 0.05) is 50.9 Å². The molecule has 0 aliphatic rings. The van der Waals surface area contributed by atoms with Gasteiger partial charge in [0.25, 0.3) is 5.91 Å². The van der Waals surface area contributed by atoms with Crippen LogP contribution in [0.5, 0.6) is 17.2 Å². The summed E-state index contributed by atoms with van der Waals surface area (Å²) in [6, 6.07) is 20.1. The zero-order valence-electron chi connectivity index (χ0n) is 22.7. The molecule has 0 aliphatic carbocycles. The first-order valence-electron chi connectivity index (χ1n) is 12.7. The third-order valence-electron chi connectivity index (χ3n) is 6.67. The van der Waals surface area contributed by atoms with Crippen LogP contribution >= 0.6 is 11.3 Å². The highest BCUT2D eigenvalue weighted by Gasteiger charge is 2.19. The molecule has 0 unspecified atom stereocenters. The average molecular weight is 578 g/mol. The number of anilines is 1. The number of nitriles is 1. The summed E-state index contributed by atoms with van der Waals surface area (Å²) in [7, 11) is 4.68. The lowest BCUT2D eigenvalue weighted by atomic mass is 10.1. The largest absolute Gasteiger partial charge is 0.493 e. The number of rotatable bonds is 8. The van der Waals surface area contributed by atoms with Crippen molar-refractivity contribution in [2.24, 2.45) is 0 Å². The number of aromatic amines is 1. The average Bonchev–Trinajstić information content (AvgIpc) is 3.80. The van der Waals surface area contributed by atoms with E-state index in [-0.39, 0.29) is 5.91 Å². The quantitative estimate of drug-likeness (QED) is 0.202. The Morgan fingerprint density at radius 2 is 1.74 bits per heavy atom. The van der Waals surface area contributed by atoms with E-state index in [9.17, 15) is 4.79 Å². The summed E-state index contributed by atoms with van der Waals surface area (Å²) in [5.74, 6) is 1.77. The summed E-state index contributed by atoms with van der Waals surface area (Å²) in [6.07, 6.45) is 1.87. The van der Waals surface area contributed by atoms with Crippen LogP contribution in [-0.2, 0) is 0 Å². The molecule has 0 fully saturated rings. The van der Waals surface area contributed by atoms with Crippen molar-refractivity contribution in [3.63, 3.8) is 0 Å². The molecule has 3 heterocycles.